The first kappa shape index (κ1) is 18.4. The lowest BCUT2D eigenvalue weighted by Crippen LogP contribution is -2.23. The predicted octanol–water partition coefficient (Wildman–Crippen LogP) is 4.04. The highest BCUT2D eigenvalue weighted by Crippen LogP contribution is 2.23. The molecule has 0 aliphatic rings. The van der Waals surface area contributed by atoms with E-state index in [9.17, 15) is 9.18 Å². The van der Waals surface area contributed by atoms with Gasteiger partial charge in [0.15, 0.2) is 5.16 Å². The number of hydrogen-bond acceptors (Lipinski definition) is 4. The summed E-state index contributed by atoms with van der Waals surface area (Å²) in [5.74, 6) is -0.518. The molecule has 2 aromatic rings. The number of carbonyl (C=O) groups is 1. The van der Waals surface area contributed by atoms with Crippen LogP contribution in [0.5, 0.6) is 0 Å². The summed E-state index contributed by atoms with van der Waals surface area (Å²) in [7, 11) is 0. The molecule has 1 aromatic carbocycles. The Morgan fingerprint density at radius 2 is 2.21 bits per heavy atom. The lowest BCUT2D eigenvalue weighted by molar-refractivity contribution is -0.115. The van der Waals surface area contributed by atoms with E-state index < -0.39 is 0 Å². The largest absolute Gasteiger partial charge is 0.325 e. The van der Waals surface area contributed by atoms with Gasteiger partial charge in [-0.25, -0.2) is 4.39 Å². The minimum atomic E-state index is -0.358. The molecular weight excluding hydrogens is 327 g/mol. The van der Waals surface area contributed by atoms with Gasteiger partial charge in [-0.15, -0.1) is 10.2 Å². The summed E-state index contributed by atoms with van der Waals surface area (Å²) in [5.41, 5.74) is 1.01. The molecule has 0 saturated carbocycles. The summed E-state index contributed by atoms with van der Waals surface area (Å²) in [6, 6.07) is 4.67. The van der Waals surface area contributed by atoms with Crippen LogP contribution in [0.25, 0.3) is 0 Å². The van der Waals surface area contributed by atoms with Gasteiger partial charge >= 0.3 is 0 Å². The van der Waals surface area contributed by atoms with Crippen molar-refractivity contribution in [3.05, 3.63) is 35.9 Å². The average molecular weight is 350 g/mol. The van der Waals surface area contributed by atoms with Crippen LogP contribution in [-0.2, 0) is 11.3 Å². The molecule has 1 atom stereocenters. The van der Waals surface area contributed by atoms with Gasteiger partial charge in [0.1, 0.15) is 12.1 Å². The maximum atomic E-state index is 13.6. The number of unbranched alkanes of at least 4 members (excludes halogenated alkanes) is 2. The number of carbonyl (C=O) groups excluding carboxylic acids is 1. The SMILES string of the molecule is CCCCCn1cnnc1S[C@H](C)C(=O)Nc1ccc(C)c(F)c1. The molecule has 0 unspecified atom stereocenters. The molecule has 1 heterocycles. The van der Waals surface area contributed by atoms with Gasteiger partial charge < -0.3 is 9.88 Å². The molecular formula is C17H23FN4OS. The Hall–Kier alpha value is -1.89. The van der Waals surface area contributed by atoms with E-state index in [0.717, 1.165) is 31.0 Å². The summed E-state index contributed by atoms with van der Waals surface area (Å²) in [4.78, 5) is 12.3. The first-order valence-electron chi connectivity index (χ1n) is 8.12. The number of amides is 1. The maximum absolute atomic E-state index is 13.6. The van der Waals surface area contributed by atoms with Crippen molar-refractivity contribution in [2.75, 3.05) is 5.32 Å². The van der Waals surface area contributed by atoms with Crippen molar-refractivity contribution in [1.29, 1.82) is 0 Å². The van der Waals surface area contributed by atoms with Crippen LogP contribution in [0, 0.1) is 12.7 Å². The van der Waals surface area contributed by atoms with Crippen LogP contribution in [-0.4, -0.2) is 25.9 Å². The molecule has 0 fully saturated rings. The van der Waals surface area contributed by atoms with Gasteiger partial charge in [-0.05, 0) is 38.0 Å². The minimum Gasteiger partial charge on any atom is -0.325 e. The van der Waals surface area contributed by atoms with E-state index in [2.05, 4.69) is 22.4 Å². The summed E-state index contributed by atoms with van der Waals surface area (Å²) >= 11 is 1.35. The second kappa shape index (κ2) is 8.82. The highest BCUT2D eigenvalue weighted by Gasteiger charge is 2.18. The molecule has 0 aliphatic carbocycles. The van der Waals surface area contributed by atoms with E-state index in [1.54, 1.807) is 32.3 Å². The fourth-order valence-corrected chi connectivity index (χ4v) is 3.00. The number of nitrogens with zero attached hydrogens (tertiary/aromatic N) is 3. The van der Waals surface area contributed by atoms with Crippen LogP contribution in [0.2, 0.25) is 0 Å². The highest BCUT2D eigenvalue weighted by atomic mass is 32.2. The number of rotatable bonds is 8. The molecule has 1 amide bonds. The molecule has 1 aromatic heterocycles. The Morgan fingerprint density at radius 3 is 2.92 bits per heavy atom. The molecule has 0 saturated heterocycles. The summed E-state index contributed by atoms with van der Waals surface area (Å²) in [5, 5.41) is 11.1. The zero-order valence-electron chi connectivity index (χ0n) is 14.3. The van der Waals surface area contributed by atoms with Crippen molar-refractivity contribution in [3.8, 4) is 0 Å². The Bertz CT molecular complexity index is 689. The minimum absolute atomic E-state index is 0.189. The quantitative estimate of drug-likeness (QED) is 0.577. The number of halogens is 1. The van der Waals surface area contributed by atoms with Gasteiger partial charge in [0.2, 0.25) is 5.91 Å². The fraction of sp³-hybridized carbons (Fsp3) is 0.471. The second-order valence-corrected chi connectivity index (χ2v) is 7.04. The number of aryl methyl sites for hydroxylation is 2. The third-order valence-electron chi connectivity index (χ3n) is 3.67. The molecule has 7 heteroatoms. The van der Waals surface area contributed by atoms with Gasteiger partial charge in [-0.1, -0.05) is 37.6 Å². The predicted molar refractivity (Wildman–Crippen MR) is 94.6 cm³/mol. The number of anilines is 1. The molecule has 5 nitrogen and oxygen atoms in total. The monoisotopic (exact) mass is 350 g/mol. The van der Waals surface area contributed by atoms with E-state index in [1.165, 1.54) is 17.8 Å². The van der Waals surface area contributed by atoms with E-state index in [4.69, 9.17) is 0 Å². The summed E-state index contributed by atoms with van der Waals surface area (Å²) in [6.45, 7) is 6.49. The number of thioether (sulfide) groups is 1. The van der Waals surface area contributed by atoms with Crippen molar-refractivity contribution >= 4 is 23.4 Å². The number of nitrogens with one attached hydrogen (secondary N) is 1. The van der Waals surface area contributed by atoms with Crippen molar-refractivity contribution in [2.24, 2.45) is 0 Å². The Balaban J connectivity index is 1.94. The average Bonchev–Trinajstić information content (AvgIpc) is 2.98. The Kier molecular flexibility index (Phi) is 6.78. The molecule has 0 bridgehead atoms. The number of aromatic nitrogens is 3. The second-order valence-electron chi connectivity index (χ2n) is 5.73. The lowest BCUT2D eigenvalue weighted by Gasteiger charge is -2.12. The van der Waals surface area contributed by atoms with E-state index in [1.807, 2.05) is 4.57 Å². The van der Waals surface area contributed by atoms with Crippen LogP contribution >= 0.6 is 11.8 Å². The zero-order chi connectivity index (χ0) is 17.5. The van der Waals surface area contributed by atoms with Crippen molar-refractivity contribution in [2.45, 2.75) is 57.0 Å². The van der Waals surface area contributed by atoms with E-state index in [-0.39, 0.29) is 17.0 Å². The smallest absolute Gasteiger partial charge is 0.237 e. The van der Waals surface area contributed by atoms with Gasteiger partial charge in [0.25, 0.3) is 0 Å². The number of benzene rings is 1. The zero-order valence-corrected chi connectivity index (χ0v) is 15.1. The normalized spacial score (nSPS) is 12.2. The van der Waals surface area contributed by atoms with Crippen LogP contribution in [0.1, 0.15) is 38.7 Å². The number of hydrogen-bond donors (Lipinski definition) is 1. The summed E-state index contributed by atoms with van der Waals surface area (Å²) in [6.07, 6.45) is 5.05. The van der Waals surface area contributed by atoms with Crippen molar-refractivity contribution < 1.29 is 9.18 Å². The maximum Gasteiger partial charge on any atom is 0.237 e. The highest BCUT2D eigenvalue weighted by molar-refractivity contribution is 8.00. The Labute approximate surface area is 146 Å². The van der Waals surface area contributed by atoms with E-state index in [0.29, 0.717) is 11.3 Å². The van der Waals surface area contributed by atoms with Crippen LogP contribution in [0.15, 0.2) is 29.7 Å². The van der Waals surface area contributed by atoms with Gasteiger partial charge in [0.05, 0.1) is 5.25 Å². The first-order valence-corrected chi connectivity index (χ1v) is 9.00. The standard InChI is InChI=1S/C17H23FN4OS/c1-4-5-6-9-22-11-19-21-17(22)24-13(3)16(23)20-14-8-7-12(2)15(18)10-14/h7-8,10-11,13H,4-6,9H2,1-3H3,(H,20,23)/t13-/m1/s1. The van der Waals surface area contributed by atoms with Crippen LogP contribution in [0.3, 0.4) is 0 Å². The molecule has 1 N–H and O–H groups in total. The molecule has 24 heavy (non-hydrogen) atoms. The fourth-order valence-electron chi connectivity index (χ4n) is 2.15. The van der Waals surface area contributed by atoms with Gasteiger partial charge in [0, 0.05) is 12.2 Å². The first-order chi connectivity index (χ1) is 11.5. The van der Waals surface area contributed by atoms with E-state index >= 15 is 0 Å². The van der Waals surface area contributed by atoms with Crippen LogP contribution in [0.4, 0.5) is 10.1 Å². The topological polar surface area (TPSA) is 59.8 Å². The molecule has 2 rings (SSSR count). The van der Waals surface area contributed by atoms with Gasteiger partial charge in [-0.2, -0.15) is 0 Å². The van der Waals surface area contributed by atoms with Crippen molar-refractivity contribution in [1.82, 2.24) is 14.8 Å². The van der Waals surface area contributed by atoms with Gasteiger partial charge in [-0.3, -0.25) is 4.79 Å². The molecule has 0 aliphatic heterocycles. The Morgan fingerprint density at radius 1 is 1.42 bits per heavy atom. The van der Waals surface area contributed by atoms with Crippen molar-refractivity contribution in [3.63, 3.8) is 0 Å². The third-order valence-corrected chi connectivity index (χ3v) is 4.77. The third kappa shape index (κ3) is 5.06. The molecule has 130 valence electrons. The van der Waals surface area contributed by atoms with Crippen LogP contribution < -0.4 is 5.32 Å². The lowest BCUT2D eigenvalue weighted by atomic mass is 10.2. The molecule has 0 radical (unpaired) electrons. The molecule has 0 spiro atoms. The summed E-state index contributed by atoms with van der Waals surface area (Å²) < 4.78 is 15.5.